The highest BCUT2D eigenvalue weighted by Crippen LogP contribution is 2.22. The highest BCUT2D eigenvalue weighted by molar-refractivity contribution is 5.66. The normalized spacial score (nSPS) is 19.9. The first-order chi connectivity index (χ1) is 9.52. The molecule has 1 unspecified atom stereocenters. The van der Waals surface area contributed by atoms with Crippen molar-refractivity contribution in [3.63, 3.8) is 0 Å². The quantitative estimate of drug-likeness (QED) is 0.823. The molecule has 0 spiro atoms. The van der Waals surface area contributed by atoms with Gasteiger partial charge in [0.15, 0.2) is 5.82 Å². The van der Waals surface area contributed by atoms with Gasteiger partial charge < -0.3 is 9.63 Å². The van der Waals surface area contributed by atoms with Gasteiger partial charge in [0.25, 0.3) is 0 Å². The molecule has 1 aliphatic rings. The highest BCUT2D eigenvalue weighted by Gasteiger charge is 2.24. The van der Waals surface area contributed by atoms with Crippen molar-refractivity contribution in [2.24, 2.45) is 11.8 Å². The molecule has 0 amide bonds. The van der Waals surface area contributed by atoms with Gasteiger partial charge in [0.2, 0.25) is 5.89 Å². The SMILES string of the molecule is CC(C)Cc1nc(CN2CCC(CCC(=O)O)C2)no1. The number of likely N-dealkylation sites (tertiary alicyclic amines) is 1. The Bertz CT molecular complexity index is 445. The standard InChI is InChI=1S/C14H23N3O3/c1-10(2)7-13-15-12(16-20-13)9-17-6-5-11(8-17)3-4-14(18)19/h10-11H,3-9H2,1-2H3,(H,18,19). The second-order valence-electron chi connectivity index (χ2n) is 6.02. The molecule has 1 aromatic rings. The van der Waals surface area contributed by atoms with E-state index in [-0.39, 0.29) is 6.42 Å². The molecule has 1 fully saturated rings. The van der Waals surface area contributed by atoms with Crippen LogP contribution in [0.25, 0.3) is 0 Å². The molecular formula is C14H23N3O3. The van der Waals surface area contributed by atoms with Crippen molar-refractivity contribution >= 4 is 5.97 Å². The Hall–Kier alpha value is -1.43. The lowest BCUT2D eigenvalue weighted by Gasteiger charge is -2.12. The number of carbonyl (C=O) groups is 1. The van der Waals surface area contributed by atoms with Gasteiger partial charge in [-0.25, -0.2) is 0 Å². The van der Waals surface area contributed by atoms with Crippen LogP contribution in [0.1, 0.15) is 44.8 Å². The molecule has 1 aliphatic heterocycles. The number of carboxylic acid groups (broad SMARTS) is 1. The molecule has 1 N–H and O–H groups in total. The Balaban J connectivity index is 1.77. The lowest BCUT2D eigenvalue weighted by molar-refractivity contribution is -0.137. The zero-order chi connectivity index (χ0) is 14.5. The van der Waals surface area contributed by atoms with Gasteiger partial charge in [-0.05, 0) is 31.2 Å². The summed E-state index contributed by atoms with van der Waals surface area (Å²) < 4.78 is 5.23. The molecule has 2 rings (SSSR count). The summed E-state index contributed by atoms with van der Waals surface area (Å²) in [5.41, 5.74) is 0. The third kappa shape index (κ3) is 4.59. The van der Waals surface area contributed by atoms with E-state index in [0.29, 0.717) is 24.3 Å². The number of aromatic nitrogens is 2. The molecule has 0 bridgehead atoms. The van der Waals surface area contributed by atoms with Gasteiger partial charge in [0.05, 0.1) is 6.54 Å². The third-order valence-corrected chi connectivity index (χ3v) is 3.59. The molecule has 1 saturated heterocycles. The molecule has 2 heterocycles. The fourth-order valence-corrected chi connectivity index (χ4v) is 2.61. The molecule has 0 aromatic carbocycles. The van der Waals surface area contributed by atoms with Gasteiger partial charge in [0, 0.05) is 19.4 Å². The minimum absolute atomic E-state index is 0.263. The lowest BCUT2D eigenvalue weighted by atomic mass is 10.0. The average Bonchev–Trinajstić information content (AvgIpc) is 2.96. The van der Waals surface area contributed by atoms with Crippen LogP contribution in [0.2, 0.25) is 0 Å². The van der Waals surface area contributed by atoms with Crippen molar-refractivity contribution in [3.05, 3.63) is 11.7 Å². The average molecular weight is 281 g/mol. The molecule has 1 atom stereocenters. The fourth-order valence-electron chi connectivity index (χ4n) is 2.61. The smallest absolute Gasteiger partial charge is 0.303 e. The van der Waals surface area contributed by atoms with Gasteiger partial charge in [-0.3, -0.25) is 9.69 Å². The maximum Gasteiger partial charge on any atom is 0.303 e. The van der Waals surface area contributed by atoms with E-state index in [1.807, 2.05) is 0 Å². The first kappa shape index (κ1) is 15.0. The van der Waals surface area contributed by atoms with Gasteiger partial charge in [-0.15, -0.1) is 0 Å². The fraction of sp³-hybridized carbons (Fsp3) is 0.786. The Morgan fingerprint density at radius 3 is 3.05 bits per heavy atom. The summed E-state index contributed by atoms with van der Waals surface area (Å²) in [5.74, 6) is 1.72. The Morgan fingerprint density at radius 2 is 2.35 bits per heavy atom. The van der Waals surface area contributed by atoms with E-state index in [1.54, 1.807) is 0 Å². The molecule has 1 aromatic heterocycles. The summed E-state index contributed by atoms with van der Waals surface area (Å²) in [5, 5.41) is 12.7. The predicted octanol–water partition coefficient (Wildman–Crippen LogP) is 1.95. The van der Waals surface area contributed by atoms with E-state index in [1.165, 1.54) is 0 Å². The van der Waals surface area contributed by atoms with Crippen LogP contribution in [0.3, 0.4) is 0 Å². The molecule has 6 nitrogen and oxygen atoms in total. The van der Waals surface area contributed by atoms with E-state index in [2.05, 4.69) is 28.9 Å². The van der Waals surface area contributed by atoms with Gasteiger partial charge >= 0.3 is 5.97 Å². The topological polar surface area (TPSA) is 79.5 Å². The van der Waals surface area contributed by atoms with Gasteiger partial charge in [-0.1, -0.05) is 19.0 Å². The second-order valence-corrected chi connectivity index (χ2v) is 6.02. The largest absolute Gasteiger partial charge is 0.481 e. The lowest BCUT2D eigenvalue weighted by Crippen LogP contribution is -2.21. The molecule has 0 aliphatic carbocycles. The van der Waals surface area contributed by atoms with Crippen LogP contribution in [0.5, 0.6) is 0 Å². The van der Waals surface area contributed by atoms with E-state index < -0.39 is 5.97 Å². The molecule has 6 heteroatoms. The maximum absolute atomic E-state index is 10.6. The summed E-state index contributed by atoms with van der Waals surface area (Å²) in [7, 11) is 0. The van der Waals surface area contributed by atoms with Crippen molar-refractivity contribution in [2.75, 3.05) is 13.1 Å². The van der Waals surface area contributed by atoms with E-state index in [4.69, 9.17) is 9.63 Å². The van der Waals surface area contributed by atoms with E-state index in [0.717, 1.165) is 38.2 Å². The zero-order valence-electron chi connectivity index (χ0n) is 12.2. The van der Waals surface area contributed by atoms with Crippen molar-refractivity contribution in [1.82, 2.24) is 15.0 Å². The van der Waals surface area contributed by atoms with Crippen molar-refractivity contribution < 1.29 is 14.4 Å². The first-order valence-electron chi connectivity index (χ1n) is 7.28. The Morgan fingerprint density at radius 1 is 1.55 bits per heavy atom. The monoisotopic (exact) mass is 281 g/mol. The maximum atomic E-state index is 10.6. The number of aliphatic carboxylic acids is 1. The summed E-state index contributed by atoms with van der Waals surface area (Å²) in [6.07, 6.45) is 2.90. The van der Waals surface area contributed by atoms with Gasteiger partial charge in [-0.2, -0.15) is 4.98 Å². The summed E-state index contributed by atoms with van der Waals surface area (Å²) in [4.78, 5) is 17.2. The van der Waals surface area contributed by atoms with Crippen molar-refractivity contribution in [2.45, 2.75) is 46.1 Å². The minimum atomic E-state index is -0.708. The van der Waals surface area contributed by atoms with Crippen molar-refractivity contribution in [1.29, 1.82) is 0 Å². The molecular weight excluding hydrogens is 258 g/mol. The molecule has 20 heavy (non-hydrogen) atoms. The Kier molecular flexibility index (Phi) is 5.11. The minimum Gasteiger partial charge on any atom is -0.481 e. The first-order valence-corrected chi connectivity index (χ1v) is 7.28. The summed E-state index contributed by atoms with van der Waals surface area (Å²) in [6, 6.07) is 0. The molecule has 0 radical (unpaired) electrons. The van der Waals surface area contributed by atoms with Gasteiger partial charge in [0.1, 0.15) is 0 Å². The molecule has 0 saturated carbocycles. The summed E-state index contributed by atoms with van der Waals surface area (Å²) in [6.45, 7) is 6.86. The van der Waals surface area contributed by atoms with Crippen LogP contribution in [0.4, 0.5) is 0 Å². The van der Waals surface area contributed by atoms with Crippen LogP contribution in [-0.4, -0.2) is 39.2 Å². The number of nitrogens with zero attached hydrogens (tertiary/aromatic N) is 3. The molecule has 112 valence electrons. The summed E-state index contributed by atoms with van der Waals surface area (Å²) >= 11 is 0. The number of hydrogen-bond acceptors (Lipinski definition) is 5. The second kappa shape index (κ2) is 6.83. The predicted molar refractivity (Wildman–Crippen MR) is 73.1 cm³/mol. The number of rotatable bonds is 7. The number of carboxylic acids is 1. The van der Waals surface area contributed by atoms with Crippen LogP contribution in [0.15, 0.2) is 4.52 Å². The van der Waals surface area contributed by atoms with Crippen LogP contribution < -0.4 is 0 Å². The third-order valence-electron chi connectivity index (χ3n) is 3.59. The zero-order valence-corrected chi connectivity index (χ0v) is 12.2. The van der Waals surface area contributed by atoms with Crippen molar-refractivity contribution in [3.8, 4) is 0 Å². The van der Waals surface area contributed by atoms with Crippen LogP contribution in [-0.2, 0) is 17.8 Å². The van der Waals surface area contributed by atoms with E-state index >= 15 is 0 Å². The van der Waals surface area contributed by atoms with Crippen LogP contribution >= 0.6 is 0 Å². The highest BCUT2D eigenvalue weighted by atomic mass is 16.5. The van der Waals surface area contributed by atoms with Crippen LogP contribution in [0, 0.1) is 11.8 Å². The Labute approximate surface area is 119 Å². The van der Waals surface area contributed by atoms with E-state index in [9.17, 15) is 4.79 Å². The number of hydrogen-bond donors (Lipinski definition) is 1.